The Morgan fingerprint density at radius 1 is 1.12 bits per heavy atom. The van der Waals surface area contributed by atoms with E-state index >= 15 is 0 Å². The number of hydrogen-bond acceptors (Lipinski definition) is 4. The monoisotopic (exact) mass is 475 g/mol. The van der Waals surface area contributed by atoms with Crippen LogP contribution in [0.2, 0.25) is 10.0 Å². The van der Waals surface area contributed by atoms with Crippen LogP contribution < -0.4 is 14.8 Å². The van der Waals surface area contributed by atoms with E-state index in [0.29, 0.717) is 22.8 Å². The molecule has 2 aromatic carbocycles. The van der Waals surface area contributed by atoms with Crippen LogP contribution in [0.4, 0.5) is 4.39 Å². The summed E-state index contributed by atoms with van der Waals surface area (Å²) in [7, 11) is 0. The number of fused-ring (bicyclic) bond motifs is 1. The third-order valence-corrected chi connectivity index (χ3v) is 6.93. The smallest absolute Gasteiger partial charge is 0.258 e. The predicted octanol–water partition coefficient (Wildman–Crippen LogP) is 4.99. The number of hydrogen-bond donors (Lipinski definition) is 1. The molecule has 8 heteroatoms. The Labute approximate surface area is 194 Å². The van der Waals surface area contributed by atoms with Crippen molar-refractivity contribution in [3.05, 3.63) is 63.4 Å². The molecule has 1 aliphatic heterocycles. The molecule has 166 valence electrons. The number of carbonyl (C=O) groups is 2. The Hall–Kier alpha value is -2.57. The molecule has 2 aromatic rings. The second kappa shape index (κ2) is 7.78. The zero-order valence-electron chi connectivity index (χ0n) is 17.1. The van der Waals surface area contributed by atoms with Crippen LogP contribution in [0.5, 0.6) is 11.5 Å². The number of carbonyl (C=O) groups excluding carboxylic acids is 2. The van der Waals surface area contributed by atoms with E-state index in [0.717, 1.165) is 30.9 Å². The van der Waals surface area contributed by atoms with Gasteiger partial charge in [0.1, 0.15) is 23.9 Å². The average Bonchev–Trinajstić information content (AvgIpc) is 2.71. The van der Waals surface area contributed by atoms with Gasteiger partial charge in [-0.25, -0.2) is 4.39 Å². The second-order valence-corrected chi connectivity index (χ2v) is 9.81. The van der Waals surface area contributed by atoms with Gasteiger partial charge in [-0.15, -0.1) is 0 Å². The third-order valence-electron chi connectivity index (χ3n) is 6.39. The first-order valence-corrected chi connectivity index (χ1v) is 11.1. The number of halogens is 3. The molecule has 0 saturated heterocycles. The van der Waals surface area contributed by atoms with Gasteiger partial charge in [-0.3, -0.25) is 9.59 Å². The van der Waals surface area contributed by atoms with Crippen molar-refractivity contribution in [2.75, 3.05) is 13.2 Å². The molecular weight excluding hydrogens is 456 g/mol. The summed E-state index contributed by atoms with van der Waals surface area (Å²) in [6.45, 7) is 0.0369. The summed E-state index contributed by atoms with van der Waals surface area (Å²) in [6.07, 6.45) is 4.63. The van der Waals surface area contributed by atoms with E-state index in [4.69, 9.17) is 32.7 Å². The van der Waals surface area contributed by atoms with Gasteiger partial charge in [0.25, 0.3) is 5.91 Å². The van der Waals surface area contributed by atoms with Gasteiger partial charge in [0.15, 0.2) is 12.4 Å². The lowest BCUT2D eigenvalue weighted by atomic mass is 9.38. The van der Waals surface area contributed by atoms with Crippen LogP contribution in [0.15, 0.2) is 42.0 Å². The molecule has 3 saturated carbocycles. The standard InChI is InChI=1S/C24H20Cl2FNO4/c25-16-2-1-14-5-15(9-32-21(14)6-16)20(29)8-23-11-24(12-23,13-23)28-22(30)10-31-17-3-4-18(26)19(27)7-17/h1-7H,8-13H2,(H,28,30). The van der Waals surface area contributed by atoms with Gasteiger partial charge in [-0.2, -0.15) is 0 Å². The molecule has 0 unspecified atom stereocenters. The maximum Gasteiger partial charge on any atom is 0.258 e. The van der Waals surface area contributed by atoms with Gasteiger partial charge in [0.05, 0.1) is 5.02 Å². The van der Waals surface area contributed by atoms with Crippen LogP contribution in [0.1, 0.15) is 31.2 Å². The van der Waals surface area contributed by atoms with Crippen molar-refractivity contribution in [2.24, 2.45) is 5.41 Å². The van der Waals surface area contributed by atoms with Crippen LogP contribution in [-0.4, -0.2) is 30.4 Å². The molecule has 0 radical (unpaired) electrons. The predicted molar refractivity (Wildman–Crippen MR) is 119 cm³/mol. The summed E-state index contributed by atoms with van der Waals surface area (Å²) in [5.41, 5.74) is 1.20. The lowest BCUT2D eigenvalue weighted by molar-refractivity contribution is -0.171. The molecule has 0 spiro atoms. The Bertz CT molecular complexity index is 1140. The van der Waals surface area contributed by atoms with E-state index in [9.17, 15) is 14.0 Å². The molecule has 0 atom stereocenters. The number of rotatable bonds is 7. The van der Waals surface area contributed by atoms with Crippen LogP contribution in [0.25, 0.3) is 6.08 Å². The average molecular weight is 476 g/mol. The van der Waals surface area contributed by atoms with Crippen molar-refractivity contribution in [1.82, 2.24) is 5.32 Å². The molecule has 1 amide bonds. The molecule has 2 bridgehead atoms. The highest BCUT2D eigenvalue weighted by Gasteiger charge is 2.68. The minimum absolute atomic E-state index is 0.000304. The van der Waals surface area contributed by atoms with E-state index in [1.807, 2.05) is 12.1 Å². The molecule has 3 fully saturated rings. The number of ether oxygens (including phenoxy) is 2. The van der Waals surface area contributed by atoms with Gasteiger partial charge in [-0.05, 0) is 61.1 Å². The first-order valence-electron chi connectivity index (χ1n) is 10.3. The number of amides is 1. The first-order chi connectivity index (χ1) is 15.2. The highest BCUT2D eigenvalue weighted by molar-refractivity contribution is 6.31. The summed E-state index contributed by atoms with van der Waals surface area (Å²) < 4.78 is 24.5. The number of nitrogens with one attached hydrogen (secondary N) is 1. The summed E-state index contributed by atoms with van der Waals surface area (Å²) in [5, 5.41) is 3.60. The van der Waals surface area contributed by atoms with Crippen molar-refractivity contribution in [1.29, 1.82) is 0 Å². The van der Waals surface area contributed by atoms with E-state index in [1.54, 1.807) is 12.1 Å². The third kappa shape index (κ3) is 3.97. The minimum Gasteiger partial charge on any atom is -0.488 e. The Morgan fingerprint density at radius 3 is 2.66 bits per heavy atom. The van der Waals surface area contributed by atoms with Crippen LogP contribution in [0.3, 0.4) is 0 Å². The topological polar surface area (TPSA) is 64.6 Å². The summed E-state index contributed by atoms with van der Waals surface area (Å²) in [4.78, 5) is 25.1. The maximum atomic E-state index is 13.5. The fourth-order valence-corrected chi connectivity index (χ4v) is 5.40. The fourth-order valence-electron chi connectivity index (χ4n) is 5.12. The quantitative estimate of drug-likeness (QED) is 0.612. The van der Waals surface area contributed by atoms with Gasteiger partial charge in [-0.1, -0.05) is 23.2 Å². The van der Waals surface area contributed by atoms with Crippen molar-refractivity contribution in [2.45, 2.75) is 31.2 Å². The Morgan fingerprint density at radius 2 is 1.91 bits per heavy atom. The molecule has 1 heterocycles. The largest absolute Gasteiger partial charge is 0.488 e. The Kier molecular flexibility index (Phi) is 5.18. The summed E-state index contributed by atoms with van der Waals surface area (Å²) >= 11 is 11.6. The summed E-state index contributed by atoms with van der Waals surface area (Å²) in [6, 6.07) is 9.40. The van der Waals surface area contributed by atoms with Crippen LogP contribution in [0, 0.1) is 11.2 Å². The van der Waals surface area contributed by atoms with Gasteiger partial charge in [0, 0.05) is 34.2 Å². The number of benzene rings is 2. The maximum absolute atomic E-state index is 13.5. The van der Waals surface area contributed by atoms with Crippen molar-refractivity contribution >= 4 is 41.0 Å². The Balaban J connectivity index is 1.11. The zero-order valence-corrected chi connectivity index (χ0v) is 18.6. The van der Waals surface area contributed by atoms with E-state index in [1.165, 1.54) is 12.1 Å². The summed E-state index contributed by atoms with van der Waals surface area (Å²) in [5.74, 6) is 0.150. The molecule has 0 aromatic heterocycles. The molecule has 4 aliphatic rings. The molecule has 1 N–H and O–H groups in total. The van der Waals surface area contributed by atoms with Crippen LogP contribution >= 0.6 is 23.2 Å². The van der Waals surface area contributed by atoms with Crippen molar-refractivity contribution in [3.63, 3.8) is 0 Å². The lowest BCUT2D eigenvalue weighted by Crippen LogP contribution is -2.75. The van der Waals surface area contributed by atoms with Crippen molar-refractivity contribution < 1.29 is 23.5 Å². The normalized spacial score (nSPS) is 24.8. The first kappa shape index (κ1) is 21.3. The highest BCUT2D eigenvalue weighted by Crippen LogP contribution is 2.69. The molecule has 3 aliphatic carbocycles. The lowest BCUT2D eigenvalue weighted by Gasteiger charge is -2.70. The van der Waals surface area contributed by atoms with E-state index < -0.39 is 5.82 Å². The van der Waals surface area contributed by atoms with Crippen molar-refractivity contribution in [3.8, 4) is 11.5 Å². The molecule has 6 rings (SSSR count). The van der Waals surface area contributed by atoms with Gasteiger partial charge >= 0.3 is 0 Å². The van der Waals surface area contributed by atoms with E-state index in [-0.39, 0.29) is 46.6 Å². The second-order valence-electron chi connectivity index (χ2n) is 8.96. The van der Waals surface area contributed by atoms with Gasteiger partial charge < -0.3 is 14.8 Å². The molecule has 5 nitrogen and oxygen atoms in total. The fraction of sp³-hybridized carbons (Fsp3) is 0.333. The minimum atomic E-state index is -0.596. The molecular formula is C24H20Cl2FNO4. The zero-order chi connectivity index (χ0) is 22.5. The molecule has 32 heavy (non-hydrogen) atoms. The SMILES string of the molecule is O=C(COc1ccc(Cl)c(F)c1)NC12CC(CC(=O)C3=Cc4ccc(Cl)cc4OC3)(C1)C2. The number of Topliss-reactive ketones (excluding diaryl/α,β-unsaturated/α-hetero) is 1. The number of ketones is 1. The highest BCUT2D eigenvalue weighted by atomic mass is 35.5. The van der Waals surface area contributed by atoms with Crippen LogP contribution in [-0.2, 0) is 9.59 Å². The van der Waals surface area contributed by atoms with E-state index in [2.05, 4.69) is 5.32 Å². The van der Waals surface area contributed by atoms with Gasteiger partial charge in [0.2, 0.25) is 0 Å².